The first kappa shape index (κ1) is 30.0. The number of quaternary nitrogens is 1. The van der Waals surface area contributed by atoms with Gasteiger partial charge in [0.2, 0.25) is 6.20 Å². The van der Waals surface area contributed by atoms with Crippen molar-refractivity contribution in [3.8, 4) is 22.3 Å². The summed E-state index contributed by atoms with van der Waals surface area (Å²) in [5.74, 6) is 0.0341. The lowest BCUT2D eigenvalue weighted by molar-refractivity contribution is -0.728. The Balaban J connectivity index is 0.00000101. The first-order valence-corrected chi connectivity index (χ1v) is 14.2. The topological polar surface area (TPSA) is 146 Å². The number of carbonyl (C=O) groups is 2. The second kappa shape index (κ2) is 14.5. The third kappa shape index (κ3) is 7.51. The fourth-order valence-corrected chi connectivity index (χ4v) is 6.03. The maximum absolute atomic E-state index is 13.1. The molecule has 0 aliphatic heterocycles. The number of thiophene rings is 1. The number of aromatic amines is 3. The van der Waals surface area contributed by atoms with Crippen molar-refractivity contribution in [2.24, 2.45) is 0 Å². The minimum Gasteiger partial charge on any atom is -0.483 e. The van der Waals surface area contributed by atoms with Crippen molar-refractivity contribution in [2.75, 3.05) is 13.1 Å². The Labute approximate surface area is 233 Å². The molecule has 0 spiro atoms. The number of H-pyrrole nitrogens is 3. The second-order valence-corrected chi connectivity index (χ2v) is 10.8. The van der Waals surface area contributed by atoms with E-state index in [9.17, 15) is 4.79 Å². The standard InChI is InChI=1S/C26H33N7OS.CH2O2.CH4/c1-2-3-7-10-29-26(8-5-4-6-9-26)18-28-25(34)23-11-19(17-35-23)22-15-32-33-16-21(12-27-24(22)33)20-13-30-31-14-20;2-1-3;/h11-17,29H,2-10,18H2,1H3,(H2,28,30,31,34);1H,(H,2,3);1H4/p+3. The predicted octanol–water partition coefficient (Wildman–Crippen LogP) is 3.21. The van der Waals surface area contributed by atoms with Crippen molar-refractivity contribution >= 4 is 29.4 Å². The van der Waals surface area contributed by atoms with E-state index >= 15 is 0 Å². The summed E-state index contributed by atoms with van der Waals surface area (Å²) in [5, 5.41) is 24.9. The van der Waals surface area contributed by atoms with Gasteiger partial charge in [0.25, 0.3) is 12.4 Å². The van der Waals surface area contributed by atoms with Crippen molar-refractivity contribution in [3.05, 3.63) is 47.3 Å². The van der Waals surface area contributed by atoms with Gasteiger partial charge in [0.15, 0.2) is 11.8 Å². The van der Waals surface area contributed by atoms with Gasteiger partial charge in [-0.3, -0.25) is 14.7 Å². The number of unbranched alkanes of at least 4 members (excludes halogenated alkanes) is 2. The molecule has 11 heteroatoms. The highest BCUT2D eigenvalue weighted by molar-refractivity contribution is 7.12. The summed E-state index contributed by atoms with van der Waals surface area (Å²) in [4.78, 5) is 25.6. The smallest absolute Gasteiger partial charge is 0.480 e. The number of nitrogens with zero attached hydrogens (tertiary/aromatic N) is 2. The molecule has 0 unspecified atom stereocenters. The highest BCUT2D eigenvalue weighted by Crippen LogP contribution is 2.28. The lowest BCUT2D eigenvalue weighted by Gasteiger charge is -2.35. The molecule has 4 aromatic heterocycles. The zero-order valence-corrected chi connectivity index (χ0v) is 22.7. The largest absolute Gasteiger partial charge is 0.483 e. The number of amides is 1. The summed E-state index contributed by atoms with van der Waals surface area (Å²) in [6.07, 6.45) is 19.6. The van der Waals surface area contributed by atoms with Gasteiger partial charge in [-0.1, -0.05) is 27.2 Å². The lowest BCUT2D eigenvalue weighted by atomic mass is 9.81. The Morgan fingerprint density at radius 1 is 1.26 bits per heavy atom. The van der Waals surface area contributed by atoms with Gasteiger partial charge in [-0.15, -0.1) is 11.3 Å². The third-order valence-corrected chi connectivity index (χ3v) is 8.21. The molecule has 5 rings (SSSR count). The van der Waals surface area contributed by atoms with Crippen molar-refractivity contribution in [1.82, 2.24) is 20.6 Å². The number of carbonyl (C=O) groups excluding carboxylic acids is 1. The number of carboxylic acid groups (broad SMARTS) is 1. The van der Waals surface area contributed by atoms with Crippen LogP contribution >= 0.6 is 11.3 Å². The van der Waals surface area contributed by atoms with Crippen LogP contribution in [-0.4, -0.2) is 51.4 Å². The predicted molar refractivity (Wildman–Crippen MR) is 151 cm³/mol. The highest BCUT2D eigenvalue weighted by Gasteiger charge is 2.35. The van der Waals surface area contributed by atoms with Crippen LogP contribution in [0.5, 0.6) is 0 Å². The average molecular weight is 557 g/mol. The number of hydrogen-bond donors (Lipinski definition) is 5. The molecular weight excluding hydrogens is 514 g/mol. The van der Waals surface area contributed by atoms with Gasteiger partial charge in [-0.2, -0.15) is 15.2 Å². The van der Waals surface area contributed by atoms with Gasteiger partial charge < -0.3 is 15.7 Å². The van der Waals surface area contributed by atoms with E-state index < -0.39 is 0 Å². The number of hydrogen-bond acceptors (Lipinski definition) is 4. The van der Waals surface area contributed by atoms with E-state index in [0.717, 1.165) is 45.9 Å². The Morgan fingerprint density at radius 3 is 2.77 bits per heavy atom. The number of nitrogens with two attached hydrogens (primary N) is 1. The minimum atomic E-state index is -0.250. The molecule has 0 radical (unpaired) electrons. The molecule has 10 nitrogen and oxygen atoms in total. The molecule has 0 bridgehead atoms. The van der Waals surface area contributed by atoms with Crippen LogP contribution in [0, 0.1) is 0 Å². The molecule has 39 heavy (non-hydrogen) atoms. The SMILES string of the molecule is C.CCCCC[NH2+]C1(CNC(=O)c2cc(-c3c[nH][n+]4cc(-c5cn[nH]c5)c[nH+]c34)cs2)CCCCC1.O=CO. The molecule has 0 aromatic carbocycles. The number of fused-ring (bicyclic) bond motifs is 1. The minimum absolute atomic E-state index is 0. The molecule has 1 fully saturated rings. The molecule has 210 valence electrons. The molecule has 4 heterocycles. The molecule has 1 amide bonds. The fourth-order valence-electron chi connectivity index (χ4n) is 5.21. The lowest BCUT2D eigenvalue weighted by Crippen LogP contribution is -2.99. The van der Waals surface area contributed by atoms with E-state index in [1.807, 2.05) is 35.4 Å². The molecular formula is C28H42N7O3S+3. The molecule has 0 atom stereocenters. The molecule has 0 saturated heterocycles. The maximum Gasteiger partial charge on any atom is 0.480 e. The first-order chi connectivity index (χ1) is 18.6. The van der Waals surface area contributed by atoms with E-state index in [0.29, 0.717) is 0 Å². The van der Waals surface area contributed by atoms with Crippen LogP contribution < -0.4 is 20.1 Å². The molecule has 4 aromatic rings. The number of aromatic nitrogens is 5. The van der Waals surface area contributed by atoms with Crippen LogP contribution in [0.1, 0.15) is 75.4 Å². The number of rotatable bonds is 10. The maximum atomic E-state index is 13.1. The van der Waals surface area contributed by atoms with Gasteiger partial charge >= 0.3 is 5.65 Å². The Hall–Kier alpha value is -3.57. The van der Waals surface area contributed by atoms with Gasteiger partial charge in [0.1, 0.15) is 11.1 Å². The number of nitrogens with one attached hydrogen (secondary N) is 4. The quantitative estimate of drug-likeness (QED) is 0.116. The van der Waals surface area contributed by atoms with E-state index in [4.69, 9.17) is 9.90 Å². The van der Waals surface area contributed by atoms with Crippen LogP contribution in [0.3, 0.4) is 0 Å². The highest BCUT2D eigenvalue weighted by atomic mass is 32.1. The van der Waals surface area contributed by atoms with Crippen molar-refractivity contribution in [2.45, 2.75) is 71.3 Å². The van der Waals surface area contributed by atoms with Crippen LogP contribution in [0.2, 0.25) is 0 Å². The Kier molecular flexibility index (Phi) is 11.2. The summed E-state index contributed by atoms with van der Waals surface area (Å²) in [5.41, 5.74) is 5.22. The zero-order valence-electron chi connectivity index (χ0n) is 21.8. The second-order valence-electron chi connectivity index (χ2n) is 9.88. The molecule has 1 aliphatic carbocycles. The van der Waals surface area contributed by atoms with Crippen molar-refractivity contribution in [1.29, 1.82) is 0 Å². The van der Waals surface area contributed by atoms with Gasteiger partial charge in [-0.05, 0) is 41.6 Å². The van der Waals surface area contributed by atoms with Gasteiger partial charge in [0, 0.05) is 30.2 Å². The molecule has 1 aliphatic rings. The Morgan fingerprint density at radius 2 is 2.05 bits per heavy atom. The van der Waals surface area contributed by atoms with Crippen molar-refractivity contribution in [3.63, 3.8) is 0 Å². The average Bonchev–Trinajstić information content (AvgIpc) is 3.71. The van der Waals surface area contributed by atoms with Crippen LogP contribution in [0.15, 0.2) is 42.4 Å². The fraction of sp³-hybridized carbons (Fsp3) is 0.464. The normalized spacial score (nSPS) is 14.2. The summed E-state index contributed by atoms with van der Waals surface area (Å²) >= 11 is 1.50. The summed E-state index contributed by atoms with van der Waals surface area (Å²) in [6, 6.07) is 2.00. The van der Waals surface area contributed by atoms with E-state index in [-0.39, 0.29) is 25.3 Å². The summed E-state index contributed by atoms with van der Waals surface area (Å²) in [6.45, 7) is 3.90. The van der Waals surface area contributed by atoms with Crippen LogP contribution in [0.25, 0.3) is 27.9 Å². The zero-order chi connectivity index (χ0) is 26.8. The first-order valence-electron chi connectivity index (χ1n) is 13.3. The van der Waals surface area contributed by atoms with Crippen LogP contribution in [-0.2, 0) is 4.79 Å². The molecule has 7 N–H and O–H groups in total. The van der Waals surface area contributed by atoms with Gasteiger partial charge in [-0.25, -0.2) is 0 Å². The monoisotopic (exact) mass is 556 g/mol. The van der Waals surface area contributed by atoms with E-state index in [1.54, 1.807) is 6.20 Å². The summed E-state index contributed by atoms with van der Waals surface area (Å²) in [7, 11) is 0. The van der Waals surface area contributed by atoms with Crippen molar-refractivity contribution < 1.29 is 29.5 Å². The van der Waals surface area contributed by atoms with E-state index in [1.165, 1.54) is 62.7 Å². The van der Waals surface area contributed by atoms with Gasteiger partial charge in [0.05, 0.1) is 30.4 Å². The van der Waals surface area contributed by atoms with Crippen LogP contribution in [0.4, 0.5) is 0 Å². The third-order valence-electron chi connectivity index (χ3n) is 7.28. The summed E-state index contributed by atoms with van der Waals surface area (Å²) < 4.78 is 1.95. The molecule has 1 saturated carbocycles. The Bertz CT molecular complexity index is 1310. The van der Waals surface area contributed by atoms with E-state index in [2.05, 4.69) is 43.2 Å².